The Kier molecular flexibility index (Phi) is 4.41. The summed E-state index contributed by atoms with van der Waals surface area (Å²) in [5.41, 5.74) is 7.47. The highest BCUT2D eigenvalue weighted by molar-refractivity contribution is 5.89. The molecule has 5 nitrogen and oxygen atoms in total. The number of amides is 2. The predicted octanol–water partition coefficient (Wildman–Crippen LogP) is 1.85. The lowest BCUT2D eigenvalue weighted by molar-refractivity contribution is 0.0758. The van der Waals surface area contributed by atoms with Crippen LogP contribution in [0, 0.1) is 0 Å². The maximum atomic E-state index is 12.3. The molecule has 114 valence electrons. The van der Waals surface area contributed by atoms with Crippen molar-refractivity contribution in [3.05, 3.63) is 29.8 Å². The van der Waals surface area contributed by atoms with E-state index in [4.69, 9.17) is 5.73 Å². The third-order valence-corrected chi connectivity index (χ3v) is 4.63. The average Bonchev–Trinajstić information content (AvgIpc) is 2.47. The van der Waals surface area contributed by atoms with Crippen LogP contribution in [0.25, 0.3) is 0 Å². The van der Waals surface area contributed by atoms with Gasteiger partial charge in [-0.2, -0.15) is 0 Å². The maximum absolute atomic E-state index is 12.3. The number of nitrogens with zero attached hydrogens (tertiary/aromatic N) is 2. The van der Waals surface area contributed by atoms with E-state index in [1.165, 1.54) is 19.3 Å². The standard InChI is InChI=1S/C16H24N4O/c17-12-13-4-6-14(7-5-13)18-16(21)20-10-8-19(9-11-20)15-2-1-3-15/h4-7,15H,1-3,8-12,17H2,(H,18,21). The summed E-state index contributed by atoms with van der Waals surface area (Å²) >= 11 is 0. The third kappa shape index (κ3) is 3.36. The summed E-state index contributed by atoms with van der Waals surface area (Å²) in [6.45, 7) is 4.18. The fourth-order valence-electron chi connectivity index (χ4n) is 2.97. The second-order valence-electron chi connectivity index (χ2n) is 5.94. The minimum absolute atomic E-state index is 0.00348. The van der Waals surface area contributed by atoms with Crippen molar-refractivity contribution in [2.45, 2.75) is 31.8 Å². The highest BCUT2D eigenvalue weighted by Gasteiger charge is 2.29. The van der Waals surface area contributed by atoms with Crippen LogP contribution >= 0.6 is 0 Å². The summed E-state index contributed by atoms with van der Waals surface area (Å²) < 4.78 is 0. The molecule has 0 spiro atoms. The number of anilines is 1. The van der Waals surface area contributed by atoms with Gasteiger partial charge in [-0.05, 0) is 30.5 Å². The highest BCUT2D eigenvalue weighted by Crippen LogP contribution is 2.25. The summed E-state index contributed by atoms with van der Waals surface area (Å²) in [5.74, 6) is 0. The van der Waals surface area contributed by atoms with Crippen LogP contribution in [0.5, 0.6) is 0 Å². The van der Waals surface area contributed by atoms with E-state index >= 15 is 0 Å². The predicted molar refractivity (Wildman–Crippen MR) is 84.1 cm³/mol. The molecule has 0 bridgehead atoms. The van der Waals surface area contributed by atoms with E-state index in [1.54, 1.807) is 0 Å². The van der Waals surface area contributed by atoms with Gasteiger partial charge in [0.05, 0.1) is 0 Å². The summed E-state index contributed by atoms with van der Waals surface area (Å²) in [5, 5.41) is 2.96. The second-order valence-corrected chi connectivity index (χ2v) is 5.94. The molecule has 2 amide bonds. The van der Waals surface area contributed by atoms with Crippen LogP contribution in [0.4, 0.5) is 10.5 Å². The van der Waals surface area contributed by atoms with Gasteiger partial charge in [-0.15, -0.1) is 0 Å². The largest absolute Gasteiger partial charge is 0.326 e. The number of urea groups is 1. The van der Waals surface area contributed by atoms with Crippen LogP contribution in [0.1, 0.15) is 24.8 Å². The monoisotopic (exact) mass is 288 g/mol. The minimum atomic E-state index is 0.00348. The van der Waals surface area contributed by atoms with E-state index in [0.717, 1.165) is 43.5 Å². The third-order valence-electron chi connectivity index (χ3n) is 4.63. The maximum Gasteiger partial charge on any atom is 0.321 e. The lowest BCUT2D eigenvalue weighted by Crippen LogP contribution is -2.54. The van der Waals surface area contributed by atoms with Crippen LogP contribution in [-0.2, 0) is 6.54 Å². The van der Waals surface area contributed by atoms with E-state index < -0.39 is 0 Å². The molecule has 21 heavy (non-hydrogen) atoms. The first-order valence-electron chi connectivity index (χ1n) is 7.85. The summed E-state index contributed by atoms with van der Waals surface area (Å²) in [7, 11) is 0. The van der Waals surface area contributed by atoms with E-state index in [2.05, 4.69) is 10.2 Å². The van der Waals surface area contributed by atoms with Crippen LogP contribution < -0.4 is 11.1 Å². The van der Waals surface area contributed by atoms with Gasteiger partial charge >= 0.3 is 6.03 Å². The van der Waals surface area contributed by atoms with Crippen molar-refractivity contribution in [2.24, 2.45) is 5.73 Å². The lowest BCUT2D eigenvalue weighted by Gasteiger charge is -2.42. The quantitative estimate of drug-likeness (QED) is 0.892. The minimum Gasteiger partial charge on any atom is -0.326 e. The average molecular weight is 288 g/mol. The molecular formula is C16H24N4O. The van der Waals surface area contributed by atoms with E-state index in [1.807, 2.05) is 29.2 Å². The molecule has 1 saturated carbocycles. The van der Waals surface area contributed by atoms with Crippen LogP contribution in [-0.4, -0.2) is 48.1 Å². The van der Waals surface area contributed by atoms with Crippen LogP contribution in [0.3, 0.4) is 0 Å². The Bertz CT molecular complexity index is 476. The van der Waals surface area contributed by atoms with Crippen LogP contribution in [0.2, 0.25) is 0 Å². The van der Waals surface area contributed by atoms with Crippen molar-refractivity contribution < 1.29 is 4.79 Å². The second kappa shape index (κ2) is 6.45. The van der Waals surface area contributed by atoms with Gasteiger partial charge in [-0.1, -0.05) is 18.6 Å². The number of hydrogen-bond donors (Lipinski definition) is 2. The van der Waals surface area contributed by atoms with Crippen molar-refractivity contribution >= 4 is 11.7 Å². The first kappa shape index (κ1) is 14.4. The molecule has 0 aromatic heterocycles. The zero-order valence-corrected chi connectivity index (χ0v) is 12.4. The van der Waals surface area contributed by atoms with E-state index in [0.29, 0.717) is 6.54 Å². The normalized spacial score (nSPS) is 20.1. The Morgan fingerprint density at radius 1 is 1.14 bits per heavy atom. The molecule has 3 rings (SSSR count). The Morgan fingerprint density at radius 2 is 1.81 bits per heavy atom. The number of piperazine rings is 1. The number of rotatable bonds is 3. The Labute approximate surface area is 126 Å². The molecule has 1 aromatic carbocycles. The Hall–Kier alpha value is -1.59. The van der Waals surface area contributed by atoms with E-state index in [9.17, 15) is 4.79 Å². The van der Waals surface area contributed by atoms with Gasteiger partial charge in [0.25, 0.3) is 0 Å². The summed E-state index contributed by atoms with van der Waals surface area (Å²) in [4.78, 5) is 16.7. The summed E-state index contributed by atoms with van der Waals surface area (Å²) in [6.07, 6.45) is 4.03. The molecule has 1 heterocycles. The van der Waals surface area contributed by atoms with Gasteiger partial charge in [0.1, 0.15) is 0 Å². The summed E-state index contributed by atoms with van der Waals surface area (Å²) in [6, 6.07) is 8.49. The lowest BCUT2D eigenvalue weighted by atomic mass is 9.91. The molecular weight excluding hydrogens is 264 g/mol. The molecule has 5 heteroatoms. The highest BCUT2D eigenvalue weighted by atomic mass is 16.2. The molecule has 0 atom stereocenters. The van der Waals surface area contributed by atoms with Gasteiger partial charge < -0.3 is 16.0 Å². The molecule has 1 aromatic rings. The molecule has 3 N–H and O–H groups in total. The van der Waals surface area contributed by atoms with Crippen molar-refractivity contribution in [1.82, 2.24) is 9.80 Å². The number of nitrogens with one attached hydrogen (secondary N) is 1. The van der Waals surface area contributed by atoms with Gasteiger partial charge in [0.15, 0.2) is 0 Å². The topological polar surface area (TPSA) is 61.6 Å². The molecule has 2 aliphatic rings. The van der Waals surface area contributed by atoms with Crippen molar-refractivity contribution in [1.29, 1.82) is 0 Å². The van der Waals surface area contributed by atoms with E-state index in [-0.39, 0.29) is 6.03 Å². The van der Waals surface area contributed by atoms with Gasteiger partial charge in [0, 0.05) is 44.5 Å². The van der Waals surface area contributed by atoms with Crippen molar-refractivity contribution in [3.63, 3.8) is 0 Å². The molecule has 0 unspecified atom stereocenters. The zero-order chi connectivity index (χ0) is 14.7. The number of hydrogen-bond acceptors (Lipinski definition) is 3. The number of carbonyl (C=O) groups excluding carboxylic acids is 1. The fraction of sp³-hybridized carbons (Fsp3) is 0.562. The SMILES string of the molecule is NCc1ccc(NC(=O)N2CCN(C3CCC3)CC2)cc1. The molecule has 2 fully saturated rings. The number of carbonyl (C=O) groups is 1. The zero-order valence-electron chi connectivity index (χ0n) is 12.4. The molecule has 1 aliphatic carbocycles. The molecule has 1 saturated heterocycles. The van der Waals surface area contributed by atoms with Crippen LogP contribution in [0.15, 0.2) is 24.3 Å². The smallest absolute Gasteiger partial charge is 0.321 e. The first-order chi connectivity index (χ1) is 10.3. The van der Waals surface area contributed by atoms with Gasteiger partial charge in [0.2, 0.25) is 0 Å². The Morgan fingerprint density at radius 3 is 2.33 bits per heavy atom. The molecule has 1 aliphatic heterocycles. The molecule has 0 radical (unpaired) electrons. The van der Waals surface area contributed by atoms with Gasteiger partial charge in [-0.3, -0.25) is 4.90 Å². The fourth-order valence-corrected chi connectivity index (χ4v) is 2.97. The number of nitrogens with two attached hydrogens (primary N) is 1. The number of benzene rings is 1. The van der Waals surface area contributed by atoms with Gasteiger partial charge in [-0.25, -0.2) is 4.79 Å². The van der Waals surface area contributed by atoms with Crippen molar-refractivity contribution in [2.75, 3.05) is 31.5 Å². The Balaban J connectivity index is 1.49. The first-order valence-corrected chi connectivity index (χ1v) is 7.85. The van der Waals surface area contributed by atoms with Crippen molar-refractivity contribution in [3.8, 4) is 0 Å².